The van der Waals surface area contributed by atoms with Gasteiger partial charge in [-0.15, -0.1) is 12.4 Å². The quantitative estimate of drug-likeness (QED) is 0.858. The molecule has 118 valence electrons. The number of para-hydroxylation sites is 1. The number of hydrogen-bond donors (Lipinski definition) is 1. The molecule has 2 rings (SSSR count). The van der Waals surface area contributed by atoms with Gasteiger partial charge < -0.3 is 15.0 Å². The van der Waals surface area contributed by atoms with E-state index in [4.69, 9.17) is 4.74 Å². The van der Waals surface area contributed by atoms with Crippen molar-refractivity contribution >= 4 is 34.2 Å². The molecule has 0 aliphatic carbocycles. The summed E-state index contributed by atoms with van der Waals surface area (Å²) in [7, 11) is 1.98. The van der Waals surface area contributed by atoms with E-state index in [2.05, 4.69) is 21.2 Å². The molecule has 0 bridgehead atoms. The Kier molecular flexibility index (Phi) is 8.07. The first kappa shape index (κ1) is 18.3. The number of amides is 1. The topological polar surface area (TPSA) is 41.6 Å². The molecule has 1 aliphatic rings. The second-order valence-corrected chi connectivity index (χ2v) is 5.83. The second kappa shape index (κ2) is 9.28. The van der Waals surface area contributed by atoms with Crippen molar-refractivity contribution < 1.29 is 9.53 Å². The summed E-state index contributed by atoms with van der Waals surface area (Å²) < 4.78 is 6.55. The minimum Gasteiger partial charge on any atom is -0.492 e. The molecule has 1 aromatic carbocycles. The Labute approximate surface area is 140 Å². The molecular formula is C15H22BrClN2O2. The van der Waals surface area contributed by atoms with Crippen LogP contribution in [0.25, 0.3) is 0 Å². The van der Waals surface area contributed by atoms with Crippen LogP contribution < -0.4 is 10.1 Å². The van der Waals surface area contributed by atoms with Crippen molar-refractivity contribution in [3.05, 3.63) is 28.7 Å². The summed E-state index contributed by atoms with van der Waals surface area (Å²) in [4.78, 5) is 14.0. The van der Waals surface area contributed by atoms with Gasteiger partial charge in [-0.1, -0.05) is 12.1 Å². The fraction of sp³-hybridized carbons (Fsp3) is 0.533. The standard InChI is InChI=1S/C15H21BrN2O2.ClH/c1-17-12-6-9-18(10-7-12)15(19)8-11-20-14-5-3-2-4-13(14)16;/h2-5,12,17H,6-11H2,1H3;1H. The van der Waals surface area contributed by atoms with Crippen LogP contribution in [0.3, 0.4) is 0 Å². The Balaban J connectivity index is 0.00000220. The Bertz CT molecular complexity index is 451. The van der Waals surface area contributed by atoms with Gasteiger partial charge in [0.25, 0.3) is 0 Å². The number of rotatable bonds is 5. The van der Waals surface area contributed by atoms with Crippen LogP contribution in [0.1, 0.15) is 19.3 Å². The zero-order chi connectivity index (χ0) is 14.4. The lowest BCUT2D eigenvalue weighted by Gasteiger charge is -2.31. The van der Waals surface area contributed by atoms with Crippen LogP contribution in [0.15, 0.2) is 28.7 Å². The van der Waals surface area contributed by atoms with Crippen molar-refractivity contribution in [2.45, 2.75) is 25.3 Å². The molecular weight excluding hydrogens is 356 g/mol. The van der Waals surface area contributed by atoms with Gasteiger partial charge in [0, 0.05) is 19.1 Å². The molecule has 4 nitrogen and oxygen atoms in total. The molecule has 1 heterocycles. The Morgan fingerprint density at radius 1 is 1.38 bits per heavy atom. The van der Waals surface area contributed by atoms with Crippen molar-refractivity contribution in [1.29, 1.82) is 0 Å². The van der Waals surface area contributed by atoms with Gasteiger partial charge in [-0.25, -0.2) is 0 Å². The van der Waals surface area contributed by atoms with Crippen molar-refractivity contribution in [3.63, 3.8) is 0 Å². The third-order valence-electron chi connectivity index (χ3n) is 3.67. The summed E-state index contributed by atoms with van der Waals surface area (Å²) in [6, 6.07) is 8.24. The highest BCUT2D eigenvalue weighted by molar-refractivity contribution is 9.10. The minimum absolute atomic E-state index is 0. The summed E-state index contributed by atoms with van der Waals surface area (Å²) in [6.07, 6.45) is 2.51. The minimum atomic E-state index is 0. The maximum absolute atomic E-state index is 12.1. The summed E-state index contributed by atoms with van der Waals surface area (Å²) >= 11 is 3.43. The average molecular weight is 378 g/mol. The SMILES string of the molecule is CNC1CCN(C(=O)CCOc2ccccc2Br)CC1.Cl. The highest BCUT2D eigenvalue weighted by atomic mass is 79.9. The predicted molar refractivity (Wildman–Crippen MR) is 90.2 cm³/mol. The van der Waals surface area contributed by atoms with E-state index < -0.39 is 0 Å². The van der Waals surface area contributed by atoms with E-state index in [0.717, 1.165) is 36.2 Å². The van der Waals surface area contributed by atoms with Gasteiger partial charge in [-0.05, 0) is 48.0 Å². The lowest BCUT2D eigenvalue weighted by Crippen LogP contribution is -2.44. The number of ether oxygens (including phenoxy) is 1. The Morgan fingerprint density at radius 2 is 2.05 bits per heavy atom. The van der Waals surface area contributed by atoms with Gasteiger partial charge in [-0.2, -0.15) is 0 Å². The van der Waals surface area contributed by atoms with Crippen LogP contribution in [0.5, 0.6) is 5.75 Å². The van der Waals surface area contributed by atoms with Crippen LogP contribution in [0.4, 0.5) is 0 Å². The molecule has 0 radical (unpaired) electrons. The van der Waals surface area contributed by atoms with Gasteiger partial charge >= 0.3 is 0 Å². The maximum atomic E-state index is 12.1. The molecule has 0 atom stereocenters. The number of benzene rings is 1. The zero-order valence-electron chi connectivity index (χ0n) is 12.2. The number of nitrogens with one attached hydrogen (secondary N) is 1. The first-order valence-electron chi connectivity index (χ1n) is 7.03. The summed E-state index contributed by atoms with van der Waals surface area (Å²) in [6.45, 7) is 2.12. The maximum Gasteiger partial charge on any atom is 0.225 e. The molecule has 1 aromatic rings. The van der Waals surface area contributed by atoms with Gasteiger partial charge in [0.1, 0.15) is 5.75 Å². The zero-order valence-corrected chi connectivity index (χ0v) is 14.6. The van der Waals surface area contributed by atoms with E-state index in [0.29, 0.717) is 19.1 Å². The number of carbonyl (C=O) groups is 1. The van der Waals surface area contributed by atoms with Gasteiger partial charge in [0.15, 0.2) is 0 Å². The fourth-order valence-electron chi connectivity index (χ4n) is 2.39. The second-order valence-electron chi connectivity index (χ2n) is 4.97. The molecule has 0 saturated carbocycles. The number of piperidine rings is 1. The van der Waals surface area contributed by atoms with Crippen molar-refractivity contribution in [1.82, 2.24) is 10.2 Å². The molecule has 1 N–H and O–H groups in total. The molecule has 0 spiro atoms. The highest BCUT2D eigenvalue weighted by Gasteiger charge is 2.21. The van der Waals surface area contributed by atoms with Crippen molar-refractivity contribution in [2.24, 2.45) is 0 Å². The average Bonchev–Trinajstić information content (AvgIpc) is 2.49. The first-order chi connectivity index (χ1) is 9.70. The van der Waals surface area contributed by atoms with Crippen LogP contribution >= 0.6 is 28.3 Å². The van der Waals surface area contributed by atoms with Crippen LogP contribution in [0, 0.1) is 0 Å². The molecule has 6 heteroatoms. The molecule has 21 heavy (non-hydrogen) atoms. The van der Waals surface area contributed by atoms with E-state index in [-0.39, 0.29) is 18.3 Å². The van der Waals surface area contributed by atoms with E-state index in [1.54, 1.807) is 0 Å². The fourth-order valence-corrected chi connectivity index (χ4v) is 2.79. The van der Waals surface area contributed by atoms with Crippen molar-refractivity contribution in [2.75, 3.05) is 26.7 Å². The van der Waals surface area contributed by atoms with Gasteiger partial charge in [0.05, 0.1) is 17.5 Å². The molecule has 1 aliphatic heterocycles. The third kappa shape index (κ3) is 5.49. The lowest BCUT2D eigenvalue weighted by atomic mass is 10.1. The number of carbonyl (C=O) groups excluding carboxylic acids is 1. The summed E-state index contributed by atoms with van der Waals surface area (Å²) in [5, 5.41) is 3.27. The Hall–Kier alpha value is -0.780. The number of nitrogens with zero attached hydrogens (tertiary/aromatic N) is 1. The van der Waals surface area contributed by atoms with Crippen molar-refractivity contribution in [3.8, 4) is 5.75 Å². The van der Waals surface area contributed by atoms with Gasteiger partial charge in [-0.3, -0.25) is 4.79 Å². The normalized spacial score (nSPS) is 15.4. The van der Waals surface area contributed by atoms with E-state index >= 15 is 0 Å². The molecule has 0 aromatic heterocycles. The van der Waals surface area contributed by atoms with Crippen LogP contribution in [-0.4, -0.2) is 43.6 Å². The monoisotopic (exact) mass is 376 g/mol. The van der Waals surface area contributed by atoms with E-state index in [9.17, 15) is 4.79 Å². The Morgan fingerprint density at radius 3 is 2.67 bits per heavy atom. The molecule has 0 unspecified atom stereocenters. The predicted octanol–water partition coefficient (Wildman–Crippen LogP) is 2.85. The smallest absolute Gasteiger partial charge is 0.225 e. The van der Waals surface area contributed by atoms with E-state index in [1.807, 2.05) is 36.2 Å². The lowest BCUT2D eigenvalue weighted by molar-refractivity contribution is -0.132. The van der Waals surface area contributed by atoms with E-state index in [1.165, 1.54) is 0 Å². The summed E-state index contributed by atoms with van der Waals surface area (Å²) in [5.74, 6) is 0.973. The van der Waals surface area contributed by atoms with Crippen LogP contribution in [0.2, 0.25) is 0 Å². The summed E-state index contributed by atoms with van der Waals surface area (Å²) in [5.41, 5.74) is 0. The highest BCUT2D eigenvalue weighted by Crippen LogP contribution is 2.23. The van der Waals surface area contributed by atoms with Gasteiger partial charge in [0.2, 0.25) is 5.91 Å². The van der Waals surface area contributed by atoms with Crippen LogP contribution in [-0.2, 0) is 4.79 Å². The molecule has 1 fully saturated rings. The molecule has 1 saturated heterocycles. The third-order valence-corrected chi connectivity index (χ3v) is 4.32. The number of halogens is 2. The molecule has 1 amide bonds. The first-order valence-corrected chi connectivity index (χ1v) is 7.82. The number of hydrogen-bond acceptors (Lipinski definition) is 3. The number of likely N-dealkylation sites (tertiary alicyclic amines) is 1. The largest absolute Gasteiger partial charge is 0.492 e.